The highest BCUT2D eigenvalue weighted by Crippen LogP contribution is 2.24. The lowest BCUT2D eigenvalue weighted by Gasteiger charge is -2.30. The molecule has 0 spiro atoms. The number of benzene rings is 1. The van der Waals surface area contributed by atoms with Crippen molar-refractivity contribution in [1.29, 1.82) is 0 Å². The number of nitrogens with zero attached hydrogens (tertiary/aromatic N) is 4. The lowest BCUT2D eigenvalue weighted by molar-refractivity contribution is 0.0398. The minimum atomic E-state index is 0.729. The maximum absolute atomic E-state index is 5.40. The second-order valence-corrected chi connectivity index (χ2v) is 7.01. The molecule has 2 aromatic rings. The molecule has 1 N–H and O–H groups in total. The van der Waals surface area contributed by atoms with Gasteiger partial charge in [-0.3, -0.25) is 4.90 Å². The monoisotopic (exact) mass is 353 g/mol. The molecule has 6 nitrogen and oxygen atoms in total. The number of fused-ring (bicyclic) bond motifs is 1. The summed E-state index contributed by atoms with van der Waals surface area (Å²) in [5, 5.41) is 3.40. The molecule has 0 bridgehead atoms. The zero-order chi connectivity index (χ0) is 17.8. The number of hydrogen-bond donors (Lipinski definition) is 1. The summed E-state index contributed by atoms with van der Waals surface area (Å²) in [5.41, 5.74) is 3.86. The molecular formula is C20H27N5O. The summed E-state index contributed by atoms with van der Waals surface area (Å²) >= 11 is 0. The average molecular weight is 353 g/mol. The van der Waals surface area contributed by atoms with Crippen LogP contribution in [0.15, 0.2) is 30.3 Å². The summed E-state index contributed by atoms with van der Waals surface area (Å²) in [6.07, 6.45) is 1.07. The predicted molar refractivity (Wildman–Crippen MR) is 104 cm³/mol. The molecular weight excluding hydrogens is 326 g/mol. The minimum Gasteiger partial charge on any atom is -0.379 e. The zero-order valence-corrected chi connectivity index (χ0v) is 15.4. The van der Waals surface area contributed by atoms with E-state index in [1.807, 2.05) is 6.92 Å². The van der Waals surface area contributed by atoms with E-state index in [1.165, 1.54) is 11.1 Å². The van der Waals surface area contributed by atoms with Crippen molar-refractivity contribution in [3.8, 4) is 0 Å². The van der Waals surface area contributed by atoms with Crippen molar-refractivity contribution < 1.29 is 4.74 Å². The lowest BCUT2D eigenvalue weighted by Crippen LogP contribution is -2.39. The number of rotatable bonds is 5. The summed E-state index contributed by atoms with van der Waals surface area (Å²) in [6, 6.07) is 10.8. The fourth-order valence-corrected chi connectivity index (χ4v) is 3.63. The van der Waals surface area contributed by atoms with Gasteiger partial charge in [-0.1, -0.05) is 24.3 Å². The largest absolute Gasteiger partial charge is 0.379 e. The first-order valence-electron chi connectivity index (χ1n) is 9.49. The van der Waals surface area contributed by atoms with Crippen LogP contribution >= 0.6 is 0 Å². The normalized spacial score (nSPS) is 17.8. The van der Waals surface area contributed by atoms with Gasteiger partial charge in [-0.2, -0.15) is 4.98 Å². The van der Waals surface area contributed by atoms with Crippen molar-refractivity contribution in [2.45, 2.75) is 19.9 Å². The topological polar surface area (TPSA) is 53.5 Å². The summed E-state index contributed by atoms with van der Waals surface area (Å²) in [4.78, 5) is 14.1. The van der Waals surface area contributed by atoms with Crippen LogP contribution in [0.4, 0.5) is 11.8 Å². The number of nitrogens with one attached hydrogen (secondary N) is 1. The highest BCUT2D eigenvalue weighted by molar-refractivity contribution is 5.48. The maximum Gasteiger partial charge on any atom is 0.224 e. The lowest BCUT2D eigenvalue weighted by atomic mass is 10.00. The molecule has 0 radical (unpaired) electrons. The molecule has 6 heteroatoms. The Balaban J connectivity index is 1.40. The Morgan fingerprint density at radius 1 is 1.08 bits per heavy atom. The van der Waals surface area contributed by atoms with Gasteiger partial charge in [-0.25, -0.2) is 4.98 Å². The van der Waals surface area contributed by atoms with E-state index in [0.717, 1.165) is 76.4 Å². The van der Waals surface area contributed by atoms with Crippen LogP contribution in [0.1, 0.15) is 16.8 Å². The van der Waals surface area contributed by atoms with E-state index in [0.29, 0.717) is 0 Å². The Kier molecular flexibility index (Phi) is 5.32. The third kappa shape index (κ3) is 4.14. The highest BCUT2D eigenvalue weighted by atomic mass is 16.5. The van der Waals surface area contributed by atoms with Gasteiger partial charge in [0.1, 0.15) is 5.82 Å². The van der Waals surface area contributed by atoms with Crippen molar-refractivity contribution in [1.82, 2.24) is 14.9 Å². The fraction of sp³-hybridized carbons (Fsp3) is 0.500. The van der Waals surface area contributed by atoms with Gasteiger partial charge in [0, 0.05) is 51.0 Å². The predicted octanol–water partition coefficient (Wildman–Crippen LogP) is 2.09. The van der Waals surface area contributed by atoms with Gasteiger partial charge < -0.3 is 15.0 Å². The van der Waals surface area contributed by atoms with E-state index in [-0.39, 0.29) is 0 Å². The highest BCUT2D eigenvalue weighted by Gasteiger charge is 2.18. The molecule has 1 fully saturated rings. The average Bonchev–Trinajstić information content (AvgIpc) is 2.68. The first kappa shape index (κ1) is 17.2. The van der Waals surface area contributed by atoms with Crippen molar-refractivity contribution in [2.24, 2.45) is 0 Å². The Labute approximate surface area is 155 Å². The van der Waals surface area contributed by atoms with Crippen molar-refractivity contribution in [2.75, 3.05) is 56.2 Å². The standard InChI is InChI=1S/C20H27N5O/c1-16-14-19(25-8-6-17-4-2-3-5-18(17)15-25)23-20(22-16)21-7-9-24-10-12-26-13-11-24/h2-5,14H,6-13,15H2,1H3,(H,21,22,23). The number of morpholine rings is 1. The molecule has 138 valence electrons. The Hall–Kier alpha value is -2.18. The smallest absolute Gasteiger partial charge is 0.224 e. The van der Waals surface area contributed by atoms with Gasteiger partial charge in [0.2, 0.25) is 5.95 Å². The van der Waals surface area contributed by atoms with Crippen molar-refractivity contribution in [3.05, 3.63) is 47.2 Å². The molecule has 4 rings (SSSR count). The van der Waals surface area contributed by atoms with Crippen LogP contribution in [0.2, 0.25) is 0 Å². The number of ether oxygens (including phenoxy) is 1. The van der Waals surface area contributed by atoms with Crippen LogP contribution in [-0.2, 0) is 17.7 Å². The second-order valence-electron chi connectivity index (χ2n) is 7.01. The second kappa shape index (κ2) is 8.01. The van der Waals surface area contributed by atoms with E-state index < -0.39 is 0 Å². The van der Waals surface area contributed by atoms with E-state index in [2.05, 4.69) is 50.4 Å². The van der Waals surface area contributed by atoms with Crippen LogP contribution in [0.5, 0.6) is 0 Å². The molecule has 0 atom stereocenters. The minimum absolute atomic E-state index is 0.729. The quantitative estimate of drug-likeness (QED) is 0.888. The van der Waals surface area contributed by atoms with Crippen LogP contribution in [0.3, 0.4) is 0 Å². The van der Waals surface area contributed by atoms with Gasteiger partial charge >= 0.3 is 0 Å². The van der Waals surface area contributed by atoms with Crippen LogP contribution < -0.4 is 10.2 Å². The van der Waals surface area contributed by atoms with E-state index >= 15 is 0 Å². The third-order valence-corrected chi connectivity index (χ3v) is 5.11. The molecule has 2 aliphatic heterocycles. The number of hydrogen-bond acceptors (Lipinski definition) is 6. The van der Waals surface area contributed by atoms with Gasteiger partial charge in [-0.05, 0) is 24.5 Å². The van der Waals surface area contributed by atoms with Crippen LogP contribution in [-0.4, -0.2) is 60.8 Å². The number of aromatic nitrogens is 2. The zero-order valence-electron chi connectivity index (χ0n) is 15.4. The van der Waals surface area contributed by atoms with Crippen LogP contribution in [0.25, 0.3) is 0 Å². The van der Waals surface area contributed by atoms with Crippen molar-refractivity contribution >= 4 is 11.8 Å². The van der Waals surface area contributed by atoms with Crippen molar-refractivity contribution in [3.63, 3.8) is 0 Å². The van der Waals surface area contributed by atoms with Gasteiger partial charge in [0.25, 0.3) is 0 Å². The summed E-state index contributed by atoms with van der Waals surface area (Å²) in [7, 11) is 0. The number of aryl methyl sites for hydroxylation is 1. The van der Waals surface area contributed by atoms with E-state index in [1.54, 1.807) is 0 Å². The SMILES string of the molecule is Cc1cc(N2CCc3ccccc3C2)nc(NCCN2CCOCC2)n1. The molecule has 3 heterocycles. The molecule has 0 unspecified atom stereocenters. The third-order valence-electron chi connectivity index (χ3n) is 5.11. The van der Waals surface area contributed by atoms with Gasteiger partial charge in [-0.15, -0.1) is 0 Å². The van der Waals surface area contributed by atoms with E-state index in [4.69, 9.17) is 9.72 Å². The molecule has 0 saturated carbocycles. The molecule has 26 heavy (non-hydrogen) atoms. The Morgan fingerprint density at radius 2 is 1.88 bits per heavy atom. The first-order chi connectivity index (χ1) is 12.8. The fourth-order valence-electron chi connectivity index (χ4n) is 3.63. The summed E-state index contributed by atoms with van der Waals surface area (Å²) < 4.78 is 5.40. The summed E-state index contributed by atoms with van der Waals surface area (Å²) in [5.74, 6) is 1.74. The Morgan fingerprint density at radius 3 is 2.73 bits per heavy atom. The maximum atomic E-state index is 5.40. The molecule has 1 aromatic heterocycles. The molecule has 0 aliphatic carbocycles. The van der Waals surface area contributed by atoms with Crippen LogP contribution in [0, 0.1) is 6.92 Å². The first-order valence-corrected chi connectivity index (χ1v) is 9.49. The van der Waals surface area contributed by atoms with Gasteiger partial charge in [0.15, 0.2) is 0 Å². The Bertz CT molecular complexity index is 745. The number of anilines is 2. The summed E-state index contributed by atoms with van der Waals surface area (Å²) in [6.45, 7) is 9.49. The van der Waals surface area contributed by atoms with Gasteiger partial charge in [0.05, 0.1) is 13.2 Å². The molecule has 0 amide bonds. The molecule has 1 aromatic carbocycles. The molecule has 1 saturated heterocycles. The molecule has 2 aliphatic rings. The van der Waals surface area contributed by atoms with E-state index in [9.17, 15) is 0 Å².